The van der Waals surface area contributed by atoms with Crippen LogP contribution in [0.1, 0.15) is 26.2 Å². The molecule has 1 N–H and O–H groups in total. The van der Waals surface area contributed by atoms with Crippen molar-refractivity contribution in [3.05, 3.63) is 0 Å². The van der Waals surface area contributed by atoms with E-state index in [1.54, 1.807) is 0 Å². The third-order valence-electron chi connectivity index (χ3n) is 1.46. The van der Waals surface area contributed by atoms with Gasteiger partial charge in [-0.25, -0.2) is 8.42 Å². The van der Waals surface area contributed by atoms with Gasteiger partial charge in [-0.3, -0.25) is 0 Å². The lowest BCUT2D eigenvalue weighted by molar-refractivity contribution is 0.319. The molecule has 0 atom stereocenters. The molecule has 0 aliphatic heterocycles. The van der Waals surface area contributed by atoms with Crippen LogP contribution in [0.25, 0.3) is 0 Å². The van der Waals surface area contributed by atoms with E-state index in [4.69, 9.17) is 5.11 Å². The molecule has 0 spiro atoms. The molecule has 0 rings (SSSR count). The van der Waals surface area contributed by atoms with Crippen LogP contribution in [-0.2, 0) is 9.84 Å². The molecule has 0 heterocycles. The average Bonchev–Trinajstić information content (AvgIpc) is 1.87. The van der Waals surface area contributed by atoms with Crippen molar-refractivity contribution in [3.63, 3.8) is 0 Å². The van der Waals surface area contributed by atoms with Gasteiger partial charge >= 0.3 is 0 Å². The molecular weight excluding hydrogens is 164 g/mol. The second-order valence-electron chi connectivity index (χ2n) is 2.58. The van der Waals surface area contributed by atoms with Crippen LogP contribution in [0.2, 0.25) is 0 Å². The van der Waals surface area contributed by atoms with Crippen LogP contribution in [0.15, 0.2) is 0 Å². The first-order valence-corrected chi connectivity index (χ1v) is 5.76. The Kier molecular flexibility index (Phi) is 5.50. The van der Waals surface area contributed by atoms with Crippen LogP contribution in [-0.4, -0.2) is 31.6 Å². The number of hydrogen-bond donors (Lipinski definition) is 1. The predicted molar refractivity (Wildman–Crippen MR) is 45.3 cm³/mol. The minimum Gasteiger partial charge on any atom is -0.395 e. The fraction of sp³-hybridized carbons (Fsp3) is 1.00. The summed E-state index contributed by atoms with van der Waals surface area (Å²) in [6.45, 7) is 1.77. The Morgan fingerprint density at radius 2 is 1.82 bits per heavy atom. The summed E-state index contributed by atoms with van der Waals surface area (Å²) < 4.78 is 21.9. The number of rotatable bonds is 6. The summed E-state index contributed by atoms with van der Waals surface area (Å²) in [5, 5.41) is 8.38. The smallest absolute Gasteiger partial charge is 0.152 e. The molecule has 0 aromatic rings. The maximum atomic E-state index is 10.9. The van der Waals surface area contributed by atoms with Gasteiger partial charge in [-0.1, -0.05) is 19.8 Å². The Morgan fingerprint density at radius 3 is 2.27 bits per heavy atom. The second kappa shape index (κ2) is 5.55. The highest BCUT2D eigenvalue weighted by Crippen LogP contribution is 1.99. The molecule has 0 aliphatic rings. The van der Waals surface area contributed by atoms with Crippen molar-refractivity contribution >= 4 is 9.84 Å². The Bertz CT molecular complexity index is 172. The Labute approximate surface area is 68.3 Å². The molecule has 3 nitrogen and oxygen atoms in total. The van der Waals surface area contributed by atoms with Gasteiger partial charge in [0.1, 0.15) is 0 Å². The SMILES string of the molecule is CCCCCS(=O)(=O)CCO. The van der Waals surface area contributed by atoms with E-state index in [2.05, 4.69) is 0 Å². The van der Waals surface area contributed by atoms with E-state index < -0.39 is 9.84 Å². The lowest BCUT2D eigenvalue weighted by Crippen LogP contribution is -2.13. The minimum atomic E-state index is -2.95. The lowest BCUT2D eigenvalue weighted by Gasteiger charge is -1.99. The lowest BCUT2D eigenvalue weighted by atomic mass is 10.3. The van der Waals surface area contributed by atoms with Crippen molar-refractivity contribution in [3.8, 4) is 0 Å². The number of hydrogen-bond acceptors (Lipinski definition) is 3. The van der Waals surface area contributed by atoms with E-state index in [0.29, 0.717) is 0 Å². The van der Waals surface area contributed by atoms with Gasteiger partial charge in [0.2, 0.25) is 0 Å². The van der Waals surface area contributed by atoms with Gasteiger partial charge in [-0.15, -0.1) is 0 Å². The summed E-state index contributed by atoms with van der Waals surface area (Å²) in [6, 6.07) is 0. The fourth-order valence-electron chi connectivity index (χ4n) is 0.813. The van der Waals surface area contributed by atoms with E-state index >= 15 is 0 Å². The van der Waals surface area contributed by atoms with Crippen molar-refractivity contribution < 1.29 is 13.5 Å². The molecule has 68 valence electrons. The predicted octanol–water partition coefficient (Wildman–Crippen LogP) is 0.584. The summed E-state index contributed by atoms with van der Waals surface area (Å²) in [5.41, 5.74) is 0. The maximum Gasteiger partial charge on any atom is 0.152 e. The third kappa shape index (κ3) is 6.31. The van der Waals surface area contributed by atoms with E-state index in [1.807, 2.05) is 6.92 Å². The van der Waals surface area contributed by atoms with E-state index in [0.717, 1.165) is 19.3 Å². The zero-order valence-electron chi connectivity index (χ0n) is 6.91. The molecule has 0 aliphatic carbocycles. The summed E-state index contributed by atoms with van der Waals surface area (Å²) >= 11 is 0. The monoisotopic (exact) mass is 180 g/mol. The van der Waals surface area contributed by atoms with Crippen LogP contribution in [0.5, 0.6) is 0 Å². The van der Waals surface area contributed by atoms with Crippen LogP contribution >= 0.6 is 0 Å². The summed E-state index contributed by atoms with van der Waals surface area (Å²) in [4.78, 5) is 0. The molecule has 0 aromatic carbocycles. The average molecular weight is 180 g/mol. The van der Waals surface area contributed by atoms with Gasteiger partial charge < -0.3 is 5.11 Å². The number of unbranched alkanes of at least 4 members (excludes halogenated alkanes) is 2. The Morgan fingerprint density at radius 1 is 1.18 bits per heavy atom. The van der Waals surface area contributed by atoms with E-state index in [9.17, 15) is 8.42 Å². The number of aliphatic hydroxyl groups is 1. The highest BCUT2D eigenvalue weighted by molar-refractivity contribution is 7.91. The third-order valence-corrected chi connectivity index (χ3v) is 3.18. The van der Waals surface area contributed by atoms with E-state index in [1.165, 1.54) is 0 Å². The van der Waals surface area contributed by atoms with Crippen molar-refractivity contribution in [2.75, 3.05) is 18.1 Å². The van der Waals surface area contributed by atoms with Gasteiger partial charge in [0.15, 0.2) is 9.84 Å². The standard InChI is InChI=1S/C7H16O3S/c1-2-3-4-6-11(9,10)7-5-8/h8H,2-7H2,1H3. The first kappa shape index (κ1) is 10.9. The number of aliphatic hydroxyl groups excluding tert-OH is 1. The first-order valence-electron chi connectivity index (χ1n) is 3.93. The summed E-state index contributed by atoms with van der Waals surface area (Å²) in [6.07, 6.45) is 2.69. The van der Waals surface area contributed by atoms with Crippen molar-refractivity contribution in [2.24, 2.45) is 0 Å². The van der Waals surface area contributed by atoms with Crippen molar-refractivity contribution in [2.45, 2.75) is 26.2 Å². The normalized spacial score (nSPS) is 11.8. The summed E-state index contributed by atoms with van der Waals surface area (Å²) in [7, 11) is -2.95. The quantitative estimate of drug-likeness (QED) is 0.608. The topological polar surface area (TPSA) is 54.4 Å². The van der Waals surface area contributed by atoms with Crippen molar-refractivity contribution in [1.29, 1.82) is 0 Å². The van der Waals surface area contributed by atoms with Crippen LogP contribution in [0.4, 0.5) is 0 Å². The van der Waals surface area contributed by atoms with Crippen molar-refractivity contribution in [1.82, 2.24) is 0 Å². The molecule has 0 bridgehead atoms. The highest BCUT2D eigenvalue weighted by atomic mass is 32.2. The van der Waals surface area contributed by atoms with Crippen LogP contribution in [0.3, 0.4) is 0 Å². The van der Waals surface area contributed by atoms with Crippen LogP contribution in [0, 0.1) is 0 Å². The molecule has 0 unspecified atom stereocenters. The molecule has 11 heavy (non-hydrogen) atoms. The fourth-order valence-corrected chi connectivity index (χ4v) is 1.94. The molecule has 0 radical (unpaired) electrons. The largest absolute Gasteiger partial charge is 0.395 e. The zero-order valence-corrected chi connectivity index (χ0v) is 7.73. The number of sulfone groups is 1. The van der Waals surface area contributed by atoms with Gasteiger partial charge in [-0.2, -0.15) is 0 Å². The highest BCUT2D eigenvalue weighted by Gasteiger charge is 2.07. The molecule has 0 saturated carbocycles. The van der Waals surface area contributed by atoms with Gasteiger partial charge in [-0.05, 0) is 6.42 Å². The van der Waals surface area contributed by atoms with Gasteiger partial charge in [0, 0.05) is 0 Å². The van der Waals surface area contributed by atoms with Gasteiger partial charge in [0.25, 0.3) is 0 Å². The molecule has 0 aromatic heterocycles. The molecule has 0 fully saturated rings. The summed E-state index contributed by atoms with van der Waals surface area (Å²) in [5.74, 6) is 0.137. The maximum absolute atomic E-state index is 10.9. The minimum absolute atomic E-state index is 0.0866. The second-order valence-corrected chi connectivity index (χ2v) is 4.89. The first-order chi connectivity index (χ1) is 5.12. The van der Waals surface area contributed by atoms with Gasteiger partial charge in [0.05, 0.1) is 18.1 Å². The molecule has 0 amide bonds. The van der Waals surface area contributed by atoms with E-state index in [-0.39, 0.29) is 18.1 Å². The van der Waals surface area contributed by atoms with Crippen LogP contribution < -0.4 is 0 Å². The molecular formula is C7H16O3S. The molecule has 4 heteroatoms. The molecule has 0 saturated heterocycles. The Balaban J connectivity index is 3.56. The zero-order chi connectivity index (χ0) is 8.74. The Hall–Kier alpha value is -0.0900.